The highest BCUT2D eigenvalue weighted by Crippen LogP contribution is 2.37. The molecule has 0 spiro atoms. The number of ether oxygens (including phenoxy) is 1. The number of hydrogen-bond donors (Lipinski definition) is 1. The molecule has 1 unspecified atom stereocenters. The highest BCUT2D eigenvalue weighted by Gasteiger charge is 2.40. The van der Waals surface area contributed by atoms with E-state index in [4.69, 9.17) is 15.5 Å². The van der Waals surface area contributed by atoms with Gasteiger partial charge in [-0.1, -0.05) is 42.5 Å². The van der Waals surface area contributed by atoms with Gasteiger partial charge in [0.2, 0.25) is 0 Å². The lowest BCUT2D eigenvalue weighted by Crippen LogP contribution is -2.57. The largest absolute Gasteiger partial charge is 0.378 e. The maximum absolute atomic E-state index is 6.48. The van der Waals surface area contributed by atoms with Gasteiger partial charge in [0.05, 0.1) is 24.2 Å². The molecule has 2 aliphatic rings. The Morgan fingerprint density at radius 2 is 1.56 bits per heavy atom. The average Bonchev–Trinajstić information content (AvgIpc) is 3.07. The smallest absolute Gasteiger partial charge is 0.106 e. The molecule has 2 aliphatic heterocycles. The van der Waals surface area contributed by atoms with Crippen molar-refractivity contribution in [2.75, 3.05) is 19.8 Å². The van der Waals surface area contributed by atoms with Crippen LogP contribution in [0.2, 0.25) is 0 Å². The topological polar surface area (TPSA) is 56.3 Å². The third-order valence-electron chi connectivity index (χ3n) is 6.71. The van der Waals surface area contributed by atoms with Gasteiger partial charge in [-0.15, -0.1) is 37.2 Å². The Hall–Kier alpha value is -1.34. The highest BCUT2D eigenvalue weighted by molar-refractivity contribution is 5.86. The van der Waals surface area contributed by atoms with Gasteiger partial charge in [-0.2, -0.15) is 0 Å². The van der Waals surface area contributed by atoms with Crippen LogP contribution in [0.25, 0.3) is 11.0 Å². The molecule has 2 fully saturated rings. The van der Waals surface area contributed by atoms with Crippen LogP contribution in [-0.2, 0) is 4.74 Å². The molecule has 176 valence electrons. The van der Waals surface area contributed by atoms with Crippen molar-refractivity contribution >= 4 is 48.3 Å². The first-order chi connectivity index (χ1) is 14.2. The molecule has 2 bridgehead atoms. The molecule has 2 saturated heterocycles. The number of imidazole rings is 1. The number of nitrogens with two attached hydrogens (primary N) is 1. The normalized spacial score (nSPS) is 23.5. The molecule has 0 amide bonds. The number of fused-ring (bicyclic) bond motifs is 3. The van der Waals surface area contributed by atoms with E-state index in [2.05, 4.69) is 64.9 Å². The lowest BCUT2D eigenvalue weighted by atomic mass is 9.89. The number of benzene rings is 2. The van der Waals surface area contributed by atoms with Gasteiger partial charge in [0.1, 0.15) is 5.82 Å². The minimum atomic E-state index is 0. The van der Waals surface area contributed by atoms with Crippen molar-refractivity contribution in [2.24, 2.45) is 5.73 Å². The fraction of sp³-hybridized carbons (Fsp3) is 0.458. The lowest BCUT2D eigenvalue weighted by molar-refractivity contribution is -0.0857. The van der Waals surface area contributed by atoms with E-state index in [0.717, 1.165) is 50.4 Å². The Morgan fingerprint density at radius 3 is 2.25 bits per heavy atom. The summed E-state index contributed by atoms with van der Waals surface area (Å²) in [6.07, 6.45) is 3.20. The number of rotatable bonds is 5. The molecule has 3 heterocycles. The minimum absolute atomic E-state index is 0. The Balaban J connectivity index is 0.00000121. The molecule has 0 aliphatic carbocycles. The monoisotopic (exact) mass is 498 g/mol. The summed E-state index contributed by atoms with van der Waals surface area (Å²) in [4.78, 5) is 7.46. The van der Waals surface area contributed by atoms with Crippen LogP contribution >= 0.6 is 37.2 Å². The summed E-state index contributed by atoms with van der Waals surface area (Å²) in [5.74, 6) is 1.12. The van der Waals surface area contributed by atoms with E-state index in [-0.39, 0.29) is 43.3 Å². The quantitative estimate of drug-likeness (QED) is 0.530. The Bertz CT molecular complexity index is 970. The van der Waals surface area contributed by atoms with Gasteiger partial charge in [0.25, 0.3) is 0 Å². The number of aryl methyl sites for hydroxylation is 1. The van der Waals surface area contributed by atoms with Crippen molar-refractivity contribution in [3.63, 3.8) is 0 Å². The second kappa shape index (κ2) is 11.7. The molecule has 0 saturated carbocycles. The minimum Gasteiger partial charge on any atom is -0.378 e. The molecule has 5 nitrogen and oxygen atoms in total. The van der Waals surface area contributed by atoms with Crippen LogP contribution in [0.3, 0.4) is 0 Å². The summed E-state index contributed by atoms with van der Waals surface area (Å²) >= 11 is 0. The second-order valence-electron chi connectivity index (χ2n) is 8.53. The summed E-state index contributed by atoms with van der Waals surface area (Å²) in [5.41, 5.74) is 10.1. The fourth-order valence-electron chi connectivity index (χ4n) is 5.32. The van der Waals surface area contributed by atoms with Gasteiger partial charge in [0.15, 0.2) is 0 Å². The number of aromatic nitrogens is 2. The molecule has 5 rings (SSSR count). The first kappa shape index (κ1) is 26.9. The number of para-hydroxylation sites is 2. The van der Waals surface area contributed by atoms with E-state index in [1.54, 1.807) is 0 Å². The molecule has 3 atom stereocenters. The van der Waals surface area contributed by atoms with E-state index >= 15 is 0 Å². The average molecular weight is 500 g/mol. The second-order valence-corrected chi connectivity index (χ2v) is 8.53. The van der Waals surface area contributed by atoms with Crippen LogP contribution in [0.1, 0.15) is 42.7 Å². The summed E-state index contributed by atoms with van der Waals surface area (Å²) < 4.78 is 8.41. The molecule has 3 aromatic rings. The molecule has 0 radical (unpaired) electrons. The van der Waals surface area contributed by atoms with Crippen molar-refractivity contribution in [1.29, 1.82) is 0 Å². The van der Waals surface area contributed by atoms with Crippen LogP contribution in [-0.4, -0.2) is 46.3 Å². The number of hydrogen-bond acceptors (Lipinski definition) is 4. The maximum Gasteiger partial charge on any atom is 0.106 e. The molecule has 32 heavy (non-hydrogen) atoms. The van der Waals surface area contributed by atoms with Crippen LogP contribution < -0.4 is 5.73 Å². The summed E-state index contributed by atoms with van der Waals surface area (Å²) in [5, 5.41) is 0. The SMILES string of the molecule is Cc1nc2ccccc2n1C1C[C@H]2COC[C@H](C1)N2CCC(N)c1ccccc1.Cl.Cl.Cl. The summed E-state index contributed by atoms with van der Waals surface area (Å²) in [6.45, 7) is 4.81. The highest BCUT2D eigenvalue weighted by atomic mass is 35.5. The maximum atomic E-state index is 6.48. The summed E-state index contributed by atoms with van der Waals surface area (Å²) in [6, 6.07) is 20.4. The zero-order valence-corrected chi connectivity index (χ0v) is 20.7. The zero-order chi connectivity index (χ0) is 19.8. The Kier molecular flexibility index (Phi) is 9.83. The molecule has 2 N–H and O–H groups in total. The van der Waals surface area contributed by atoms with Gasteiger partial charge in [-0.3, -0.25) is 4.90 Å². The lowest BCUT2D eigenvalue weighted by Gasteiger charge is -2.49. The third-order valence-corrected chi connectivity index (χ3v) is 6.71. The van der Waals surface area contributed by atoms with Crippen molar-refractivity contribution in [3.05, 3.63) is 66.0 Å². The van der Waals surface area contributed by atoms with E-state index in [1.807, 2.05) is 6.07 Å². The van der Waals surface area contributed by atoms with Crippen LogP contribution in [0.15, 0.2) is 54.6 Å². The number of nitrogens with zero attached hydrogens (tertiary/aromatic N) is 3. The zero-order valence-electron chi connectivity index (χ0n) is 18.3. The summed E-state index contributed by atoms with van der Waals surface area (Å²) in [7, 11) is 0. The molecule has 8 heteroatoms. The van der Waals surface area contributed by atoms with Crippen molar-refractivity contribution in [3.8, 4) is 0 Å². The number of morpholine rings is 1. The Morgan fingerprint density at radius 1 is 0.938 bits per heavy atom. The van der Waals surface area contributed by atoms with Gasteiger partial charge in [0, 0.05) is 30.7 Å². The number of piperidine rings is 1. The predicted molar refractivity (Wildman–Crippen MR) is 138 cm³/mol. The molecule has 2 aromatic carbocycles. The van der Waals surface area contributed by atoms with Crippen LogP contribution in [0.5, 0.6) is 0 Å². The molecular weight excluding hydrogens is 467 g/mol. The first-order valence-corrected chi connectivity index (χ1v) is 10.8. The fourth-order valence-corrected chi connectivity index (χ4v) is 5.32. The standard InChI is InChI=1S/C24H30N4O.3ClH/c1-17-26-23-9-5-6-10-24(23)28(17)19-13-20-15-29-16-21(14-19)27(20)12-11-22(25)18-7-3-2-4-8-18;;;/h2-10,19-22H,11-16,25H2,1H3;3*1H/t20-,21-,22?;;;/m0.../s1. The first-order valence-electron chi connectivity index (χ1n) is 10.8. The number of halogens is 3. The van der Waals surface area contributed by atoms with E-state index in [9.17, 15) is 0 Å². The van der Waals surface area contributed by atoms with E-state index in [1.165, 1.54) is 11.1 Å². The van der Waals surface area contributed by atoms with E-state index < -0.39 is 0 Å². The Labute approximate surface area is 208 Å². The van der Waals surface area contributed by atoms with Crippen LogP contribution in [0.4, 0.5) is 0 Å². The van der Waals surface area contributed by atoms with Crippen molar-refractivity contribution < 1.29 is 4.74 Å². The van der Waals surface area contributed by atoms with Gasteiger partial charge < -0.3 is 15.0 Å². The third kappa shape index (κ3) is 5.24. The molecular formula is C24H33Cl3N4O. The van der Waals surface area contributed by atoms with Gasteiger partial charge in [-0.25, -0.2) is 4.98 Å². The van der Waals surface area contributed by atoms with Crippen molar-refractivity contribution in [2.45, 2.75) is 50.4 Å². The van der Waals surface area contributed by atoms with Crippen LogP contribution in [0, 0.1) is 6.92 Å². The molecule has 1 aromatic heterocycles. The van der Waals surface area contributed by atoms with E-state index in [0.29, 0.717) is 18.1 Å². The van der Waals surface area contributed by atoms with Gasteiger partial charge in [-0.05, 0) is 43.9 Å². The predicted octanol–water partition coefficient (Wildman–Crippen LogP) is 5.10. The van der Waals surface area contributed by atoms with Gasteiger partial charge >= 0.3 is 0 Å². The van der Waals surface area contributed by atoms with Crippen molar-refractivity contribution in [1.82, 2.24) is 14.5 Å².